The Morgan fingerprint density at radius 2 is 1.72 bits per heavy atom. The molecular formula is C25H25BrN4O4S2. The molecule has 0 radical (unpaired) electrons. The summed E-state index contributed by atoms with van der Waals surface area (Å²) in [6, 6.07) is 13.7. The molecule has 0 saturated heterocycles. The average Bonchev–Trinajstić information content (AvgIpc) is 3.19. The van der Waals surface area contributed by atoms with Gasteiger partial charge in [0, 0.05) is 33.7 Å². The first kappa shape index (κ1) is 26.2. The van der Waals surface area contributed by atoms with Crippen molar-refractivity contribution < 1.29 is 13.2 Å². The number of carbonyl (C=O) groups is 1. The van der Waals surface area contributed by atoms with Crippen molar-refractivity contribution in [3.63, 3.8) is 0 Å². The van der Waals surface area contributed by atoms with Crippen LogP contribution in [0.25, 0.3) is 21.3 Å². The SMILES string of the molecule is CCN(CC)S(=O)(=O)c1ccc(NC(=O)Cn2cnc3sc(C)c(-c4ccc(Br)cc4)c3c2=O)cc1. The van der Waals surface area contributed by atoms with Crippen molar-refractivity contribution in [3.8, 4) is 11.1 Å². The van der Waals surface area contributed by atoms with Gasteiger partial charge in [-0.1, -0.05) is 41.9 Å². The highest BCUT2D eigenvalue weighted by Gasteiger charge is 2.21. The van der Waals surface area contributed by atoms with Crippen LogP contribution in [0.2, 0.25) is 0 Å². The Labute approximate surface area is 221 Å². The van der Waals surface area contributed by atoms with Crippen LogP contribution in [0.1, 0.15) is 18.7 Å². The van der Waals surface area contributed by atoms with Crippen LogP contribution in [0.3, 0.4) is 0 Å². The van der Waals surface area contributed by atoms with E-state index in [1.165, 1.54) is 50.8 Å². The fraction of sp³-hybridized carbons (Fsp3) is 0.240. The molecule has 188 valence electrons. The minimum atomic E-state index is -3.58. The zero-order valence-corrected chi connectivity index (χ0v) is 23.2. The number of sulfonamides is 1. The van der Waals surface area contributed by atoms with E-state index in [9.17, 15) is 18.0 Å². The number of hydrogen-bond donors (Lipinski definition) is 1. The summed E-state index contributed by atoms with van der Waals surface area (Å²) in [5.74, 6) is -0.422. The molecule has 8 nitrogen and oxygen atoms in total. The molecule has 2 aromatic heterocycles. The van der Waals surface area contributed by atoms with Crippen molar-refractivity contribution in [2.45, 2.75) is 32.2 Å². The quantitative estimate of drug-likeness (QED) is 0.316. The number of carbonyl (C=O) groups excluding carboxylic acids is 1. The summed E-state index contributed by atoms with van der Waals surface area (Å²) in [4.78, 5) is 32.2. The van der Waals surface area contributed by atoms with Gasteiger partial charge in [0.05, 0.1) is 16.6 Å². The van der Waals surface area contributed by atoms with Crippen molar-refractivity contribution in [2.75, 3.05) is 18.4 Å². The first-order valence-electron chi connectivity index (χ1n) is 11.3. The van der Waals surface area contributed by atoms with Crippen LogP contribution in [0, 0.1) is 6.92 Å². The van der Waals surface area contributed by atoms with Gasteiger partial charge in [-0.25, -0.2) is 13.4 Å². The largest absolute Gasteiger partial charge is 0.325 e. The van der Waals surface area contributed by atoms with Crippen molar-refractivity contribution in [1.82, 2.24) is 13.9 Å². The van der Waals surface area contributed by atoms with Gasteiger partial charge in [-0.15, -0.1) is 11.3 Å². The van der Waals surface area contributed by atoms with Gasteiger partial charge in [0.1, 0.15) is 11.4 Å². The van der Waals surface area contributed by atoms with E-state index in [0.717, 1.165) is 20.5 Å². The summed E-state index contributed by atoms with van der Waals surface area (Å²) < 4.78 is 28.9. The Bertz CT molecular complexity index is 1570. The van der Waals surface area contributed by atoms with Gasteiger partial charge in [-0.3, -0.25) is 14.2 Å². The zero-order valence-electron chi connectivity index (χ0n) is 20.0. The summed E-state index contributed by atoms with van der Waals surface area (Å²) >= 11 is 4.87. The lowest BCUT2D eigenvalue weighted by Gasteiger charge is -2.18. The van der Waals surface area contributed by atoms with Gasteiger partial charge in [0.25, 0.3) is 5.56 Å². The van der Waals surface area contributed by atoms with Crippen LogP contribution in [0.4, 0.5) is 5.69 Å². The Hall–Kier alpha value is -2.86. The molecule has 2 heterocycles. The van der Waals surface area contributed by atoms with Crippen LogP contribution < -0.4 is 10.9 Å². The number of aromatic nitrogens is 2. The topological polar surface area (TPSA) is 101 Å². The van der Waals surface area contributed by atoms with E-state index in [1.807, 2.05) is 31.2 Å². The summed E-state index contributed by atoms with van der Waals surface area (Å²) in [6.45, 7) is 6.03. The van der Waals surface area contributed by atoms with Crippen LogP contribution >= 0.6 is 27.3 Å². The predicted molar refractivity (Wildman–Crippen MR) is 147 cm³/mol. The minimum Gasteiger partial charge on any atom is -0.325 e. The van der Waals surface area contributed by atoms with E-state index in [1.54, 1.807) is 13.8 Å². The number of amides is 1. The van der Waals surface area contributed by atoms with Gasteiger partial charge in [-0.2, -0.15) is 4.31 Å². The molecule has 0 unspecified atom stereocenters. The average molecular weight is 590 g/mol. The van der Waals surface area contributed by atoms with Gasteiger partial charge >= 0.3 is 0 Å². The fourth-order valence-corrected chi connectivity index (χ4v) is 6.72. The summed E-state index contributed by atoms with van der Waals surface area (Å²) in [5, 5.41) is 3.21. The van der Waals surface area contributed by atoms with Crippen molar-refractivity contribution in [1.29, 1.82) is 0 Å². The van der Waals surface area contributed by atoms with Crippen LogP contribution in [-0.2, 0) is 21.4 Å². The number of aryl methyl sites for hydroxylation is 1. The molecule has 11 heteroatoms. The van der Waals surface area contributed by atoms with Gasteiger partial charge < -0.3 is 5.32 Å². The predicted octanol–water partition coefficient (Wildman–Crippen LogP) is 4.87. The standard InChI is InChI=1S/C25H25BrN4O4S2/c1-4-30(5-2)36(33,34)20-12-10-19(11-13-20)28-21(31)14-29-15-27-24-23(25(29)32)22(16(3)35-24)17-6-8-18(26)9-7-17/h6-13,15H,4-5,14H2,1-3H3,(H,28,31). The molecular weight excluding hydrogens is 564 g/mol. The lowest BCUT2D eigenvalue weighted by Crippen LogP contribution is -2.30. The summed E-state index contributed by atoms with van der Waals surface area (Å²) in [5.41, 5.74) is 1.86. The highest BCUT2D eigenvalue weighted by molar-refractivity contribution is 9.10. The number of fused-ring (bicyclic) bond motifs is 1. The maximum Gasteiger partial charge on any atom is 0.263 e. The second-order valence-electron chi connectivity index (χ2n) is 8.06. The first-order valence-corrected chi connectivity index (χ1v) is 14.3. The number of hydrogen-bond acceptors (Lipinski definition) is 6. The maximum absolute atomic E-state index is 13.3. The van der Waals surface area contributed by atoms with Crippen molar-refractivity contribution in [3.05, 3.63) is 74.6 Å². The van der Waals surface area contributed by atoms with E-state index in [2.05, 4.69) is 26.2 Å². The molecule has 0 fully saturated rings. The minimum absolute atomic E-state index is 0.156. The number of anilines is 1. The molecule has 0 aliphatic carbocycles. The molecule has 36 heavy (non-hydrogen) atoms. The van der Waals surface area contributed by atoms with E-state index < -0.39 is 15.9 Å². The van der Waals surface area contributed by atoms with Gasteiger partial charge in [0.15, 0.2) is 0 Å². The molecule has 4 aromatic rings. The number of benzene rings is 2. The third-order valence-electron chi connectivity index (χ3n) is 5.78. The number of nitrogens with one attached hydrogen (secondary N) is 1. The molecule has 2 aromatic carbocycles. The number of rotatable bonds is 8. The van der Waals surface area contributed by atoms with E-state index in [0.29, 0.717) is 29.0 Å². The Balaban J connectivity index is 1.57. The molecule has 4 rings (SSSR count). The number of thiophene rings is 1. The lowest BCUT2D eigenvalue weighted by atomic mass is 10.0. The van der Waals surface area contributed by atoms with Crippen LogP contribution in [-0.4, -0.2) is 41.3 Å². The number of halogens is 1. The van der Waals surface area contributed by atoms with Gasteiger partial charge in [-0.05, 0) is 48.9 Å². The summed E-state index contributed by atoms with van der Waals surface area (Å²) in [7, 11) is -3.58. The zero-order chi connectivity index (χ0) is 26.0. The molecule has 1 amide bonds. The van der Waals surface area contributed by atoms with Crippen molar-refractivity contribution in [2.24, 2.45) is 0 Å². The van der Waals surface area contributed by atoms with Crippen LogP contribution in [0.15, 0.2) is 69.0 Å². The lowest BCUT2D eigenvalue weighted by molar-refractivity contribution is -0.116. The Morgan fingerprint density at radius 3 is 2.33 bits per heavy atom. The molecule has 0 aliphatic heterocycles. The molecule has 0 bridgehead atoms. The van der Waals surface area contributed by atoms with Crippen molar-refractivity contribution >= 4 is 59.1 Å². The molecule has 0 atom stereocenters. The van der Waals surface area contributed by atoms with Crippen LogP contribution in [0.5, 0.6) is 0 Å². The highest BCUT2D eigenvalue weighted by atomic mass is 79.9. The normalized spacial score (nSPS) is 11.8. The smallest absolute Gasteiger partial charge is 0.263 e. The third kappa shape index (κ3) is 5.15. The second kappa shape index (κ2) is 10.6. The maximum atomic E-state index is 13.3. The molecule has 0 spiro atoms. The monoisotopic (exact) mass is 588 g/mol. The molecule has 1 N–H and O–H groups in total. The van der Waals surface area contributed by atoms with E-state index in [4.69, 9.17) is 0 Å². The Morgan fingerprint density at radius 1 is 1.08 bits per heavy atom. The Kier molecular flexibility index (Phi) is 7.74. The fourth-order valence-electron chi connectivity index (χ4n) is 3.99. The summed E-state index contributed by atoms with van der Waals surface area (Å²) in [6.07, 6.45) is 1.38. The molecule has 0 aliphatic rings. The third-order valence-corrected chi connectivity index (χ3v) is 9.39. The molecule has 0 saturated carbocycles. The van der Waals surface area contributed by atoms with E-state index in [-0.39, 0.29) is 17.0 Å². The number of nitrogens with zero attached hydrogens (tertiary/aromatic N) is 3. The van der Waals surface area contributed by atoms with Gasteiger partial charge in [0.2, 0.25) is 15.9 Å². The highest BCUT2D eigenvalue weighted by Crippen LogP contribution is 2.35. The first-order chi connectivity index (χ1) is 17.1. The van der Waals surface area contributed by atoms with E-state index >= 15 is 0 Å². The second-order valence-corrected chi connectivity index (χ2v) is 12.1.